The molecule has 190 valence electrons. The minimum Gasteiger partial charge on any atom is -0.466 e. The summed E-state index contributed by atoms with van der Waals surface area (Å²) in [7, 11) is 0. The lowest BCUT2D eigenvalue weighted by atomic mass is 9.83. The van der Waals surface area contributed by atoms with Crippen LogP contribution < -0.4 is 10.6 Å². The molecule has 2 N–H and O–H groups in total. The van der Waals surface area contributed by atoms with Crippen molar-refractivity contribution in [1.29, 1.82) is 0 Å². The molecule has 0 saturated heterocycles. The van der Waals surface area contributed by atoms with E-state index in [1.807, 2.05) is 6.92 Å². The van der Waals surface area contributed by atoms with Crippen LogP contribution in [0.5, 0.6) is 0 Å². The van der Waals surface area contributed by atoms with Gasteiger partial charge < -0.3 is 20.1 Å². The van der Waals surface area contributed by atoms with E-state index in [0.717, 1.165) is 0 Å². The Bertz CT molecular complexity index is 877. The second-order valence-electron chi connectivity index (χ2n) is 8.55. The summed E-state index contributed by atoms with van der Waals surface area (Å²) in [6.45, 7) is 10.3. The number of hydrogen-bond acceptors (Lipinski definition) is 6. The molecule has 0 fully saturated rings. The van der Waals surface area contributed by atoms with Crippen molar-refractivity contribution < 1.29 is 34.5 Å². The average molecular weight is 482 g/mol. The highest BCUT2D eigenvalue weighted by Gasteiger charge is 2.36. The molecule has 9 heteroatoms. The molecular weight excluding hydrogens is 443 g/mol. The Kier molecular flexibility index (Phi) is 11.0. The Balaban J connectivity index is 3.16. The number of hydrogen-bond donors (Lipinski definition) is 2. The molecule has 0 spiro atoms. The van der Waals surface area contributed by atoms with Gasteiger partial charge in [0.25, 0.3) is 0 Å². The van der Waals surface area contributed by atoms with Crippen LogP contribution in [0.3, 0.4) is 0 Å². The number of halogens is 1. The van der Waals surface area contributed by atoms with E-state index >= 15 is 0 Å². The number of ether oxygens (including phenoxy) is 2. The van der Waals surface area contributed by atoms with Crippen LogP contribution in [0.1, 0.15) is 66.4 Å². The van der Waals surface area contributed by atoms with Gasteiger partial charge in [-0.2, -0.15) is 0 Å². The van der Waals surface area contributed by atoms with Crippen molar-refractivity contribution in [3.8, 4) is 0 Å². The lowest BCUT2D eigenvalue weighted by Crippen LogP contribution is -2.56. The van der Waals surface area contributed by atoms with Gasteiger partial charge in [0.15, 0.2) is 1.41 Å². The number of benzene rings is 1. The number of carbonyl (C=O) groups is 4. The van der Waals surface area contributed by atoms with Crippen molar-refractivity contribution in [2.45, 2.75) is 78.3 Å². The van der Waals surface area contributed by atoms with Gasteiger partial charge >= 0.3 is 11.9 Å². The van der Waals surface area contributed by atoms with Crippen LogP contribution in [0.25, 0.3) is 0 Å². The van der Waals surface area contributed by atoms with Crippen molar-refractivity contribution in [3.05, 3.63) is 35.6 Å². The van der Waals surface area contributed by atoms with Crippen LogP contribution >= 0.6 is 0 Å². The molecule has 3 atom stereocenters. The lowest BCUT2D eigenvalue weighted by molar-refractivity contribution is -0.149. The SMILES string of the molecule is [2H]N(C(=O)C(C)(C)c1ccc(F)cc1)[C@H](C(=O)N[C@@H](CCC(=O)OCC)C(=O)OCC)[C@@H](C)CC. The highest BCUT2D eigenvalue weighted by Crippen LogP contribution is 2.24. The van der Waals surface area contributed by atoms with Crippen LogP contribution in [0.15, 0.2) is 24.3 Å². The topological polar surface area (TPSA) is 111 Å². The lowest BCUT2D eigenvalue weighted by Gasteiger charge is -2.30. The van der Waals surface area contributed by atoms with Gasteiger partial charge in [-0.1, -0.05) is 32.4 Å². The van der Waals surface area contributed by atoms with E-state index in [0.29, 0.717) is 17.3 Å². The second kappa shape index (κ2) is 13.7. The summed E-state index contributed by atoms with van der Waals surface area (Å²) >= 11 is 0. The number of nitrogens with one attached hydrogen (secondary N) is 2. The van der Waals surface area contributed by atoms with Crippen molar-refractivity contribution in [2.24, 2.45) is 5.92 Å². The maximum absolute atomic E-state index is 13.4. The first-order valence-electron chi connectivity index (χ1n) is 12.1. The molecule has 0 aliphatic rings. The van der Waals surface area contributed by atoms with E-state index in [4.69, 9.17) is 10.9 Å². The van der Waals surface area contributed by atoms with E-state index in [-0.39, 0.29) is 26.1 Å². The Morgan fingerprint density at radius 2 is 1.65 bits per heavy atom. The van der Waals surface area contributed by atoms with Gasteiger partial charge in [0, 0.05) is 6.42 Å². The first-order valence-corrected chi connectivity index (χ1v) is 11.6. The van der Waals surface area contributed by atoms with Crippen LogP contribution in [0, 0.1) is 11.7 Å². The van der Waals surface area contributed by atoms with E-state index in [1.165, 1.54) is 24.3 Å². The summed E-state index contributed by atoms with van der Waals surface area (Å²) in [6, 6.07) is 3.02. The molecular formula is C25H37FN2O6. The zero-order valence-electron chi connectivity index (χ0n) is 21.9. The third kappa shape index (κ3) is 8.43. The first-order chi connectivity index (χ1) is 16.4. The van der Waals surface area contributed by atoms with E-state index in [9.17, 15) is 23.6 Å². The Labute approximate surface area is 202 Å². The first kappa shape index (κ1) is 27.3. The Morgan fingerprint density at radius 1 is 1.06 bits per heavy atom. The summed E-state index contributed by atoms with van der Waals surface area (Å²) in [6.07, 6.45) is 0.307. The minimum atomic E-state index is -1.22. The average Bonchev–Trinajstić information content (AvgIpc) is 2.81. The molecule has 2 amide bonds. The molecule has 0 aromatic heterocycles. The fraction of sp³-hybridized carbons (Fsp3) is 0.600. The maximum Gasteiger partial charge on any atom is 0.328 e. The van der Waals surface area contributed by atoms with E-state index in [2.05, 4.69) is 5.32 Å². The highest BCUT2D eigenvalue weighted by atomic mass is 19.1. The van der Waals surface area contributed by atoms with E-state index in [1.54, 1.807) is 34.6 Å². The Morgan fingerprint density at radius 3 is 2.18 bits per heavy atom. The molecule has 8 nitrogen and oxygen atoms in total. The minimum absolute atomic E-state index is 0.0519. The monoisotopic (exact) mass is 481 g/mol. The number of carbonyl (C=O) groups excluding carboxylic acids is 4. The molecule has 34 heavy (non-hydrogen) atoms. The third-order valence-electron chi connectivity index (χ3n) is 5.64. The van der Waals surface area contributed by atoms with E-state index < -0.39 is 53.0 Å². The summed E-state index contributed by atoms with van der Waals surface area (Å²) in [5.74, 6) is -3.49. The summed E-state index contributed by atoms with van der Waals surface area (Å²) < 4.78 is 31.8. The molecule has 0 saturated carbocycles. The van der Waals surface area contributed by atoms with Crippen LogP contribution in [-0.4, -0.2) is 49.1 Å². The summed E-state index contributed by atoms with van der Waals surface area (Å²) in [5.41, 5.74) is -0.727. The fourth-order valence-corrected chi connectivity index (χ4v) is 3.19. The second-order valence-corrected chi connectivity index (χ2v) is 8.55. The predicted molar refractivity (Wildman–Crippen MR) is 125 cm³/mol. The zero-order chi connectivity index (χ0) is 26.8. The van der Waals surface area contributed by atoms with Crippen molar-refractivity contribution in [1.82, 2.24) is 10.6 Å². The molecule has 1 aromatic rings. The standard InChI is InChI=1S/C25H37FN2O6/c1-7-16(4)21(28-24(32)25(5,6)17-10-12-18(26)13-11-17)22(30)27-19(23(31)34-9-3)14-15-20(29)33-8-2/h10-13,16,19,21H,7-9,14-15H2,1-6H3,(H,27,30)(H,28,32)/t16-,19-,21-/m0/s1/i/hD. The molecule has 0 unspecified atom stereocenters. The van der Waals surface area contributed by atoms with Gasteiger partial charge in [-0.3, -0.25) is 14.4 Å². The van der Waals surface area contributed by atoms with Gasteiger partial charge in [-0.15, -0.1) is 0 Å². The van der Waals surface area contributed by atoms with Crippen LogP contribution in [-0.2, 0) is 34.1 Å². The Hall–Kier alpha value is -2.97. The fourth-order valence-electron chi connectivity index (χ4n) is 3.19. The maximum atomic E-state index is 13.4. The van der Waals surface area contributed by atoms with Crippen molar-refractivity contribution in [2.75, 3.05) is 13.2 Å². The number of amides is 2. The third-order valence-corrected chi connectivity index (χ3v) is 5.64. The van der Waals surface area contributed by atoms with Crippen LogP contribution in [0.2, 0.25) is 1.41 Å². The van der Waals surface area contributed by atoms with Crippen LogP contribution in [0.4, 0.5) is 4.39 Å². The molecule has 1 aromatic carbocycles. The van der Waals surface area contributed by atoms with Crippen molar-refractivity contribution in [3.63, 3.8) is 0 Å². The van der Waals surface area contributed by atoms with Gasteiger partial charge in [0.1, 0.15) is 17.9 Å². The molecule has 0 radical (unpaired) electrons. The largest absolute Gasteiger partial charge is 0.466 e. The quantitative estimate of drug-likeness (QED) is 0.419. The summed E-state index contributed by atoms with van der Waals surface area (Å²) in [4.78, 5) is 50.8. The van der Waals surface area contributed by atoms with Gasteiger partial charge in [0.05, 0.1) is 18.6 Å². The van der Waals surface area contributed by atoms with Gasteiger partial charge in [-0.05, 0) is 57.7 Å². The molecule has 0 aliphatic carbocycles. The predicted octanol–water partition coefficient (Wildman–Crippen LogP) is 3.03. The number of rotatable bonds is 13. The van der Waals surface area contributed by atoms with Gasteiger partial charge in [-0.25, -0.2) is 9.18 Å². The molecule has 0 aliphatic heterocycles. The van der Waals surface area contributed by atoms with Crippen molar-refractivity contribution >= 4 is 23.8 Å². The molecule has 1 rings (SSSR count). The number of esters is 2. The zero-order valence-corrected chi connectivity index (χ0v) is 20.9. The molecule has 0 heterocycles. The highest BCUT2D eigenvalue weighted by molar-refractivity contribution is 5.94. The molecule has 0 bridgehead atoms. The van der Waals surface area contributed by atoms with Gasteiger partial charge in [0.2, 0.25) is 11.8 Å². The summed E-state index contributed by atoms with van der Waals surface area (Å²) in [5, 5.41) is 3.19. The normalized spacial score (nSPS) is 14.3. The smallest absolute Gasteiger partial charge is 0.328 e.